The van der Waals surface area contributed by atoms with Crippen molar-refractivity contribution in [2.24, 2.45) is 0 Å². The normalized spacial score (nSPS) is 12.1. The van der Waals surface area contributed by atoms with Crippen LogP contribution in [0, 0.1) is 0 Å². The molecule has 0 radical (unpaired) electrons. The van der Waals surface area contributed by atoms with Gasteiger partial charge in [0.25, 0.3) is 6.43 Å². The topological polar surface area (TPSA) is 66.4 Å². The molecule has 1 aromatic rings. The molecule has 102 valence electrons. The summed E-state index contributed by atoms with van der Waals surface area (Å²) in [7, 11) is -4.20. The van der Waals surface area contributed by atoms with E-state index in [1.165, 1.54) is 6.07 Å². The third-order valence-electron chi connectivity index (χ3n) is 1.97. The summed E-state index contributed by atoms with van der Waals surface area (Å²) < 4.78 is 49.1. The molecule has 0 aliphatic carbocycles. The van der Waals surface area contributed by atoms with Crippen molar-refractivity contribution < 1.29 is 22.3 Å². The molecule has 0 aromatic heterocycles. The smallest absolute Gasteiger partial charge is 0.251 e. The lowest BCUT2D eigenvalue weighted by Crippen LogP contribution is -2.29. The lowest BCUT2D eigenvalue weighted by Gasteiger charge is -2.11. The number of alkyl halides is 2. The van der Waals surface area contributed by atoms with Crippen LogP contribution in [0.3, 0.4) is 0 Å². The van der Waals surface area contributed by atoms with Crippen molar-refractivity contribution in [1.82, 2.24) is 4.72 Å². The van der Waals surface area contributed by atoms with Crippen molar-refractivity contribution >= 4 is 33.2 Å². The van der Waals surface area contributed by atoms with Crippen LogP contribution in [0.25, 0.3) is 0 Å². The highest BCUT2D eigenvalue weighted by Gasteiger charge is 2.22. The van der Waals surface area contributed by atoms with Crippen LogP contribution in [0.1, 0.15) is 5.56 Å². The molecule has 0 spiro atoms. The maximum Gasteiger partial charge on any atom is 0.251 e. The first-order chi connectivity index (χ1) is 8.27. The van der Waals surface area contributed by atoms with Crippen LogP contribution >= 0.6 is 23.2 Å². The van der Waals surface area contributed by atoms with Gasteiger partial charge in [-0.1, -0.05) is 23.2 Å². The second-order valence-electron chi connectivity index (χ2n) is 3.28. The molecule has 0 bridgehead atoms. The summed E-state index contributed by atoms with van der Waals surface area (Å²) in [5.41, 5.74) is 0.0987. The molecule has 1 rings (SSSR count). The Balaban J connectivity index is 3.20. The van der Waals surface area contributed by atoms with E-state index in [1.54, 1.807) is 4.72 Å². The van der Waals surface area contributed by atoms with Gasteiger partial charge in [0.2, 0.25) is 10.0 Å². The maximum absolute atomic E-state index is 12.0. The quantitative estimate of drug-likeness (QED) is 0.872. The van der Waals surface area contributed by atoms with Gasteiger partial charge in [0.05, 0.1) is 18.2 Å². The standard InChI is InChI=1S/C9H9Cl2F2NO3S/c10-6-1-5(4-15)9(11)7(2-6)18(16,17)14-3-8(12)13/h1-2,8,14-15H,3-4H2. The summed E-state index contributed by atoms with van der Waals surface area (Å²) >= 11 is 11.4. The molecule has 0 saturated carbocycles. The van der Waals surface area contributed by atoms with Crippen LogP contribution < -0.4 is 4.72 Å². The van der Waals surface area contributed by atoms with Crippen LogP contribution in [0.15, 0.2) is 17.0 Å². The monoisotopic (exact) mass is 319 g/mol. The molecule has 0 fully saturated rings. The minimum absolute atomic E-state index is 0.0286. The number of sulfonamides is 1. The fourth-order valence-electron chi connectivity index (χ4n) is 1.18. The van der Waals surface area contributed by atoms with Gasteiger partial charge in [-0.05, 0) is 17.7 Å². The number of aliphatic hydroxyl groups is 1. The molecule has 18 heavy (non-hydrogen) atoms. The molecule has 0 saturated heterocycles. The number of nitrogens with one attached hydrogen (secondary N) is 1. The third kappa shape index (κ3) is 3.76. The lowest BCUT2D eigenvalue weighted by molar-refractivity contribution is 0.153. The Morgan fingerprint density at radius 2 is 1.94 bits per heavy atom. The van der Waals surface area contributed by atoms with Gasteiger partial charge < -0.3 is 5.11 Å². The summed E-state index contributed by atoms with van der Waals surface area (Å²) in [6.07, 6.45) is -2.82. The first-order valence-electron chi connectivity index (χ1n) is 4.64. The Hall–Kier alpha value is -0.470. The Kier molecular flexibility index (Phi) is 5.30. The second kappa shape index (κ2) is 6.12. The summed E-state index contributed by atoms with van der Waals surface area (Å²) in [5, 5.41) is 8.75. The zero-order chi connectivity index (χ0) is 13.9. The number of hydrogen-bond acceptors (Lipinski definition) is 3. The molecule has 0 aliphatic rings. The fourth-order valence-corrected chi connectivity index (χ4v) is 3.11. The second-order valence-corrected chi connectivity index (χ2v) is 5.83. The molecule has 0 atom stereocenters. The van der Waals surface area contributed by atoms with Gasteiger partial charge >= 0.3 is 0 Å². The molecule has 0 aliphatic heterocycles. The largest absolute Gasteiger partial charge is 0.392 e. The predicted molar refractivity (Wildman–Crippen MR) is 63.6 cm³/mol. The number of aliphatic hydroxyl groups excluding tert-OH is 1. The van der Waals surface area contributed by atoms with Crippen molar-refractivity contribution in [2.75, 3.05) is 6.54 Å². The van der Waals surface area contributed by atoms with Gasteiger partial charge in [-0.15, -0.1) is 0 Å². The number of hydrogen-bond donors (Lipinski definition) is 2. The van der Waals surface area contributed by atoms with Crippen LogP contribution in [0.4, 0.5) is 8.78 Å². The van der Waals surface area contributed by atoms with E-state index in [0.29, 0.717) is 0 Å². The summed E-state index contributed by atoms with van der Waals surface area (Å²) in [6.45, 7) is -1.55. The van der Waals surface area contributed by atoms with Gasteiger partial charge in [-0.2, -0.15) is 0 Å². The maximum atomic E-state index is 12.0. The molecule has 1 aromatic carbocycles. The van der Waals surface area contributed by atoms with E-state index in [2.05, 4.69) is 0 Å². The van der Waals surface area contributed by atoms with Crippen LogP contribution in [0.2, 0.25) is 10.0 Å². The average molecular weight is 320 g/mol. The minimum atomic E-state index is -4.20. The van der Waals surface area contributed by atoms with E-state index in [4.69, 9.17) is 28.3 Å². The Labute approximate surface area is 113 Å². The van der Waals surface area contributed by atoms with E-state index in [-0.39, 0.29) is 15.6 Å². The highest BCUT2D eigenvalue weighted by atomic mass is 35.5. The summed E-state index contributed by atoms with van der Waals surface area (Å²) in [5.74, 6) is 0. The molecular weight excluding hydrogens is 311 g/mol. The Morgan fingerprint density at radius 3 is 2.44 bits per heavy atom. The first kappa shape index (κ1) is 15.6. The summed E-state index contributed by atoms with van der Waals surface area (Å²) in [4.78, 5) is -0.443. The van der Waals surface area contributed by atoms with Crippen LogP contribution in [0.5, 0.6) is 0 Å². The Bertz CT molecular complexity index is 537. The molecule has 0 heterocycles. The van der Waals surface area contributed by atoms with E-state index < -0.39 is 34.5 Å². The minimum Gasteiger partial charge on any atom is -0.392 e. The number of benzene rings is 1. The van der Waals surface area contributed by atoms with Crippen molar-refractivity contribution in [3.05, 3.63) is 27.7 Å². The Morgan fingerprint density at radius 1 is 1.33 bits per heavy atom. The van der Waals surface area contributed by atoms with Crippen molar-refractivity contribution in [2.45, 2.75) is 17.9 Å². The van der Waals surface area contributed by atoms with E-state index in [1.807, 2.05) is 0 Å². The SMILES string of the molecule is O=S(=O)(NCC(F)F)c1cc(Cl)cc(CO)c1Cl. The molecule has 4 nitrogen and oxygen atoms in total. The molecular formula is C9H9Cl2F2NO3S. The molecule has 9 heteroatoms. The highest BCUT2D eigenvalue weighted by molar-refractivity contribution is 7.89. The van der Waals surface area contributed by atoms with Gasteiger partial charge in [0, 0.05) is 5.02 Å². The van der Waals surface area contributed by atoms with E-state index >= 15 is 0 Å². The van der Waals surface area contributed by atoms with E-state index in [9.17, 15) is 17.2 Å². The highest BCUT2D eigenvalue weighted by Crippen LogP contribution is 2.29. The zero-order valence-electron chi connectivity index (χ0n) is 8.83. The van der Waals surface area contributed by atoms with Crippen molar-refractivity contribution in [3.63, 3.8) is 0 Å². The molecule has 0 amide bonds. The van der Waals surface area contributed by atoms with Gasteiger partial charge in [-0.3, -0.25) is 0 Å². The number of rotatable bonds is 5. The van der Waals surface area contributed by atoms with Crippen LogP contribution in [-0.2, 0) is 16.6 Å². The molecule has 2 N–H and O–H groups in total. The molecule has 0 unspecified atom stereocenters. The van der Waals surface area contributed by atoms with Crippen LogP contribution in [-0.4, -0.2) is 26.5 Å². The van der Waals surface area contributed by atoms with E-state index in [0.717, 1.165) is 6.07 Å². The first-order valence-corrected chi connectivity index (χ1v) is 6.88. The van der Waals surface area contributed by atoms with Crippen molar-refractivity contribution in [1.29, 1.82) is 0 Å². The van der Waals surface area contributed by atoms with Crippen molar-refractivity contribution in [3.8, 4) is 0 Å². The number of halogens is 4. The average Bonchev–Trinajstić information content (AvgIpc) is 2.29. The predicted octanol–water partition coefficient (Wildman–Crippen LogP) is 2.03. The zero-order valence-corrected chi connectivity index (χ0v) is 11.2. The van der Waals surface area contributed by atoms with Gasteiger partial charge in [0.15, 0.2) is 0 Å². The lowest BCUT2D eigenvalue weighted by atomic mass is 10.2. The fraction of sp³-hybridized carbons (Fsp3) is 0.333. The summed E-state index contributed by atoms with van der Waals surface area (Å²) in [6, 6.07) is 2.31. The third-order valence-corrected chi connectivity index (χ3v) is 4.19. The van der Waals surface area contributed by atoms with Gasteiger partial charge in [0.1, 0.15) is 4.90 Å². The van der Waals surface area contributed by atoms with Gasteiger partial charge in [-0.25, -0.2) is 21.9 Å².